The average molecular weight is 321 g/mol. The van der Waals surface area contributed by atoms with Gasteiger partial charge in [-0.2, -0.15) is 0 Å². The van der Waals surface area contributed by atoms with Crippen LogP contribution in [-0.4, -0.2) is 43.0 Å². The topological polar surface area (TPSA) is 102 Å². The molecule has 0 bridgehead atoms. The van der Waals surface area contributed by atoms with Gasteiger partial charge in [-0.15, -0.1) is 0 Å². The highest BCUT2D eigenvalue weighted by Gasteiger charge is 2.28. The lowest BCUT2D eigenvalue weighted by Gasteiger charge is -2.18. The summed E-state index contributed by atoms with van der Waals surface area (Å²) in [4.78, 5) is 36.1. The van der Waals surface area contributed by atoms with E-state index >= 15 is 0 Å². The van der Waals surface area contributed by atoms with Crippen LogP contribution in [0.2, 0.25) is 0 Å². The Kier molecular flexibility index (Phi) is 4.83. The molecule has 1 amide bonds. The SMILES string of the molecule is C[C@@H](OC(=O)c1cc([N+](=O)[O-])ccc1N(C)C)C(=O)NC1CC1. The summed E-state index contributed by atoms with van der Waals surface area (Å²) in [5.74, 6) is -1.13. The number of nitrogens with zero attached hydrogens (tertiary/aromatic N) is 2. The summed E-state index contributed by atoms with van der Waals surface area (Å²) in [6.07, 6.45) is 0.904. The lowest BCUT2D eigenvalue weighted by molar-refractivity contribution is -0.384. The maximum absolute atomic E-state index is 12.3. The van der Waals surface area contributed by atoms with Crippen LogP contribution < -0.4 is 10.2 Å². The molecule has 8 nitrogen and oxygen atoms in total. The van der Waals surface area contributed by atoms with Gasteiger partial charge < -0.3 is 15.0 Å². The van der Waals surface area contributed by atoms with Crippen LogP contribution in [0.25, 0.3) is 0 Å². The number of ether oxygens (including phenoxy) is 1. The molecule has 1 aromatic rings. The Balaban J connectivity index is 2.17. The van der Waals surface area contributed by atoms with E-state index in [1.54, 1.807) is 19.0 Å². The molecule has 0 aromatic heterocycles. The maximum atomic E-state index is 12.3. The van der Waals surface area contributed by atoms with E-state index in [2.05, 4.69) is 5.32 Å². The summed E-state index contributed by atoms with van der Waals surface area (Å²) in [6, 6.07) is 4.11. The molecular weight excluding hydrogens is 302 g/mol. The highest BCUT2D eigenvalue weighted by molar-refractivity contribution is 5.98. The Morgan fingerprint density at radius 2 is 2.04 bits per heavy atom. The van der Waals surface area contributed by atoms with Crippen LogP contribution in [0.3, 0.4) is 0 Å². The van der Waals surface area contributed by atoms with Gasteiger partial charge >= 0.3 is 5.97 Å². The molecule has 0 unspecified atom stereocenters. The van der Waals surface area contributed by atoms with E-state index in [1.165, 1.54) is 19.1 Å². The second-order valence-electron chi connectivity index (χ2n) is 5.68. The van der Waals surface area contributed by atoms with Crippen LogP contribution in [0.1, 0.15) is 30.1 Å². The smallest absolute Gasteiger partial charge is 0.341 e. The van der Waals surface area contributed by atoms with Crippen molar-refractivity contribution in [3.05, 3.63) is 33.9 Å². The Morgan fingerprint density at radius 3 is 2.57 bits per heavy atom. The molecule has 1 N–H and O–H groups in total. The lowest BCUT2D eigenvalue weighted by atomic mass is 10.1. The van der Waals surface area contributed by atoms with E-state index in [0.29, 0.717) is 5.69 Å². The number of benzene rings is 1. The third-order valence-corrected chi connectivity index (χ3v) is 3.47. The quantitative estimate of drug-likeness (QED) is 0.484. The molecule has 1 fully saturated rings. The molecule has 2 rings (SSSR count). The van der Waals surface area contributed by atoms with E-state index in [4.69, 9.17) is 4.74 Å². The number of nitro groups is 1. The van der Waals surface area contributed by atoms with Gasteiger partial charge in [-0.25, -0.2) is 4.79 Å². The predicted octanol–water partition coefficient (Wildman–Crippen LogP) is 1.48. The fraction of sp³-hybridized carbons (Fsp3) is 0.467. The van der Waals surface area contributed by atoms with Crippen LogP contribution in [0.15, 0.2) is 18.2 Å². The third-order valence-electron chi connectivity index (χ3n) is 3.47. The van der Waals surface area contributed by atoms with Crippen molar-refractivity contribution < 1.29 is 19.2 Å². The Hall–Kier alpha value is -2.64. The lowest BCUT2D eigenvalue weighted by Crippen LogP contribution is -2.37. The molecule has 1 aliphatic carbocycles. The van der Waals surface area contributed by atoms with Crippen molar-refractivity contribution in [1.29, 1.82) is 0 Å². The number of hydrogen-bond acceptors (Lipinski definition) is 6. The number of nitrogens with one attached hydrogen (secondary N) is 1. The molecular formula is C15H19N3O5. The first-order valence-corrected chi connectivity index (χ1v) is 7.26. The van der Waals surface area contributed by atoms with Gasteiger partial charge in [0.1, 0.15) is 0 Å². The molecule has 124 valence electrons. The molecule has 0 saturated heterocycles. The minimum atomic E-state index is -0.961. The van der Waals surface area contributed by atoms with Gasteiger partial charge in [0.15, 0.2) is 6.10 Å². The van der Waals surface area contributed by atoms with E-state index in [0.717, 1.165) is 18.9 Å². The Bertz CT molecular complexity index is 640. The van der Waals surface area contributed by atoms with Crippen LogP contribution in [-0.2, 0) is 9.53 Å². The van der Waals surface area contributed by atoms with Crippen molar-refractivity contribution in [2.45, 2.75) is 31.9 Å². The normalized spacial score (nSPS) is 14.7. The standard InChI is InChI=1S/C15H19N3O5/c1-9(14(19)16-10-4-5-10)23-15(20)12-8-11(18(21)22)6-7-13(12)17(2)3/h6-10H,4-5H2,1-3H3,(H,16,19)/t9-/m1/s1. The number of carbonyl (C=O) groups excluding carboxylic acids is 2. The van der Waals surface area contributed by atoms with Crippen LogP contribution in [0, 0.1) is 10.1 Å². The molecule has 1 saturated carbocycles. The van der Waals surface area contributed by atoms with E-state index < -0.39 is 17.0 Å². The zero-order valence-corrected chi connectivity index (χ0v) is 13.2. The second kappa shape index (κ2) is 6.64. The predicted molar refractivity (Wildman–Crippen MR) is 83.5 cm³/mol. The van der Waals surface area contributed by atoms with Crippen molar-refractivity contribution in [1.82, 2.24) is 5.32 Å². The van der Waals surface area contributed by atoms with Crippen LogP contribution in [0.4, 0.5) is 11.4 Å². The molecule has 0 heterocycles. The molecule has 23 heavy (non-hydrogen) atoms. The summed E-state index contributed by atoms with van der Waals surface area (Å²) in [5, 5.41) is 13.6. The van der Waals surface area contributed by atoms with Crippen LogP contribution >= 0.6 is 0 Å². The number of esters is 1. The number of rotatable bonds is 6. The molecule has 0 spiro atoms. The number of nitro benzene ring substituents is 1. The van der Waals surface area contributed by atoms with E-state index in [-0.39, 0.29) is 23.2 Å². The summed E-state index contributed by atoms with van der Waals surface area (Å²) in [5.41, 5.74) is 0.323. The van der Waals surface area contributed by atoms with E-state index in [1.807, 2.05) is 0 Å². The molecule has 1 aromatic carbocycles. The van der Waals surface area contributed by atoms with Crippen molar-refractivity contribution in [2.75, 3.05) is 19.0 Å². The molecule has 0 radical (unpaired) electrons. The molecule has 0 aliphatic heterocycles. The minimum absolute atomic E-state index is 0.0512. The van der Waals surface area contributed by atoms with Gasteiger partial charge in [0.2, 0.25) is 0 Å². The number of carbonyl (C=O) groups is 2. The van der Waals surface area contributed by atoms with Gasteiger partial charge in [-0.05, 0) is 25.8 Å². The molecule has 8 heteroatoms. The highest BCUT2D eigenvalue weighted by atomic mass is 16.6. The number of non-ortho nitro benzene ring substituents is 1. The number of hydrogen-bond donors (Lipinski definition) is 1. The third kappa shape index (κ3) is 4.18. The van der Waals surface area contributed by atoms with Gasteiger partial charge in [-0.3, -0.25) is 14.9 Å². The fourth-order valence-electron chi connectivity index (χ4n) is 2.01. The average Bonchev–Trinajstić information content (AvgIpc) is 3.30. The number of amides is 1. The first-order chi connectivity index (χ1) is 10.8. The van der Waals surface area contributed by atoms with Crippen molar-refractivity contribution in [3.8, 4) is 0 Å². The van der Waals surface area contributed by atoms with Crippen molar-refractivity contribution in [3.63, 3.8) is 0 Å². The summed E-state index contributed by atoms with van der Waals surface area (Å²) < 4.78 is 5.15. The van der Waals surface area contributed by atoms with Gasteiger partial charge in [0.05, 0.1) is 16.2 Å². The van der Waals surface area contributed by atoms with Crippen molar-refractivity contribution in [2.24, 2.45) is 0 Å². The minimum Gasteiger partial charge on any atom is -0.449 e. The maximum Gasteiger partial charge on any atom is 0.341 e. The Labute approximate surface area is 133 Å². The number of anilines is 1. The molecule has 1 aliphatic rings. The van der Waals surface area contributed by atoms with Crippen molar-refractivity contribution >= 4 is 23.3 Å². The first kappa shape index (κ1) is 16.7. The summed E-state index contributed by atoms with van der Waals surface area (Å²) >= 11 is 0. The largest absolute Gasteiger partial charge is 0.449 e. The highest BCUT2D eigenvalue weighted by Crippen LogP contribution is 2.25. The first-order valence-electron chi connectivity index (χ1n) is 7.26. The fourth-order valence-corrected chi connectivity index (χ4v) is 2.01. The molecule has 1 atom stereocenters. The Morgan fingerprint density at radius 1 is 1.39 bits per heavy atom. The second-order valence-corrected chi connectivity index (χ2v) is 5.68. The zero-order chi connectivity index (χ0) is 17.1. The summed E-state index contributed by atoms with van der Waals surface area (Å²) in [7, 11) is 3.42. The van der Waals surface area contributed by atoms with E-state index in [9.17, 15) is 19.7 Å². The summed E-state index contributed by atoms with van der Waals surface area (Å²) in [6.45, 7) is 1.47. The van der Waals surface area contributed by atoms with Gasteiger partial charge in [-0.1, -0.05) is 0 Å². The van der Waals surface area contributed by atoms with Gasteiger partial charge in [0, 0.05) is 32.3 Å². The van der Waals surface area contributed by atoms with Crippen LogP contribution in [0.5, 0.6) is 0 Å². The zero-order valence-electron chi connectivity index (χ0n) is 13.2. The van der Waals surface area contributed by atoms with Gasteiger partial charge in [0.25, 0.3) is 11.6 Å². The monoisotopic (exact) mass is 321 g/mol.